The molecule has 0 unspecified atom stereocenters. The maximum atomic E-state index is 13.9. The van der Waals surface area contributed by atoms with Crippen LogP contribution in [-0.2, 0) is 56.0 Å². The fourth-order valence-electron chi connectivity index (χ4n) is 6.80. The second kappa shape index (κ2) is 25.7. The van der Waals surface area contributed by atoms with Crippen LogP contribution < -0.4 is 55.3 Å². The quantitative estimate of drug-likeness (QED) is 0.0260. The van der Waals surface area contributed by atoms with Crippen LogP contribution in [0.3, 0.4) is 0 Å². The van der Waals surface area contributed by atoms with Crippen molar-refractivity contribution in [1.82, 2.24) is 36.4 Å². The summed E-state index contributed by atoms with van der Waals surface area (Å²) < 4.78 is 0. The van der Waals surface area contributed by atoms with E-state index in [-0.39, 0.29) is 64.0 Å². The standard InChI is InChI=1S/C42H61N13O9/c1-25(43)37(60)49-23-34(57)54(2)32(22-27-13-7-4-8-14-27)40(63)50-24-35(58)55-20-10-16-31(55)41(64)52-29(17-18-33(44)56)39(62)51-28(15-9-19-48-42(46)47)38(61)53-30(36(45)59)21-26-11-5-3-6-12-26/h3-8,11-14,25,28-32H,9-10,15-24,43H2,1-2H3,(H2,44,56)(H2,45,59)(H,49,60)(H,50,63)(H,51,62)(H,52,64)(H,53,61)(H4,46,47,48)/t25-,28+,29+,30+,31+,32+/m1/s1. The molecule has 348 valence electrons. The molecule has 0 radical (unpaired) electrons. The summed E-state index contributed by atoms with van der Waals surface area (Å²) in [6.07, 6.45) is 0.324. The largest absolute Gasteiger partial charge is 0.370 e. The van der Waals surface area contributed by atoms with Gasteiger partial charge in [-0.15, -0.1) is 0 Å². The molecule has 2 aromatic rings. The number of likely N-dealkylation sites (tertiary alicyclic amines) is 1. The van der Waals surface area contributed by atoms with Crippen molar-refractivity contribution in [3.63, 3.8) is 0 Å². The number of hydrogen-bond acceptors (Lipinski definition) is 11. The minimum absolute atomic E-state index is 0.0153. The summed E-state index contributed by atoms with van der Waals surface area (Å²) in [5, 5.41) is 12.8. The van der Waals surface area contributed by atoms with E-state index >= 15 is 0 Å². The number of amides is 9. The van der Waals surface area contributed by atoms with Crippen LogP contribution in [-0.4, -0.2) is 138 Å². The van der Waals surface area contributed by atoms with E-state index in [1.54, 1.807) is 60.7 Å². The Labute approximate surface area is 371 Å². The zero-order valence-corrected chi connectivity index (χ0v) is 36.1. The molecule has 0 saturated carbocycles. The molecule has 3 rings (SSSR count). The Bertz CT molecular complexity index is 1980. The van der Waals surface area contributed by atoms with Crippen LogP contribution in [0.5, 0.6) is 0 Å². The molecular formula is C42H61N13O9. The summed E-state index contributed by atoms with van der Waals surface area (Å²) in [7, 11) is 1.40. The van der Waals surface area contributed by atoms with Crippen molar-refractivity contribution >= 4 is 59.1 Å². The number of carbonyl (C=O) groups excluding carboxylic acids is 9. The van der Waals surface area contributed by atoms with Crippen molar-refractivity contribution in [2.75, 3.05) is 33.2 Å². The molecular weight excluding hydrogens is 831 g/mol. The van der Waals surface area contributed by atoms with Crippen molar-refractivity contribution in [3.05, 3.63) is 71.8 Å². The van der Waals surface area contributed by atoms with Gasteiger partial charge < -0.3 is 65.1 Å². The summed E-state index contributed by atoms with van der Waals surface area (Å²) in [6, 6.07) is 10.8. The molecule has 22 nitrogen and oxygen atoms in total. The predicted molar refractivity (Wildman–Crippen MR) is 235 cm³/mol. The number of hydrogen-bond donors (Lipinski definition) is 10. The summed E-state index contributed by atoms with van der Waals surface area (Å²) in [4.78, 5) is 124. The second-order valence-corrected chi connectivity index (χ2v) is 15.4. The maximum absolute atomic E-state index is 13.9. The molecule has 64 heavy (non-hydrogen) atoms. The van der Waals surface area contributed by atoms with Gasteiger partial charge in [0.05, 0.1) is 19.1 Å². The van der Waals surface area contributed by atoms with Crippen LogP contribution in [0.25, 0.3) is 0 Å². The van der Waals surface area contributed by atoms with Gasteiger partial charge in [-0.05, 0) is 50.2 Å². The highest BCUT2D eigenvalue weighted by atomic mass is 16.2. The average molecular weight is 892 g/mol. The molecule has 1 saturated heterocycles. The Morgan fingerprint density at radius 1 is 0.734 bits per heavy atom. The first-order valence-electron chi connectivity index (χ1n) is 20.9. The topological polar surface area (TPSA) is 363 Å². The van der Waals surface area contributed by atoms with Crippen molar-refractivity contribution in [1.29, 1.82) is 0 Å². The molecule has 15 N–H and O–H groups in total. The van der Waals surface area contributed by atoms with Gasteiger partial charge in [0.2, 0.25) is 53.2 Å². The van der Waals surface area contributed by atoms with Gasteiger partial charge in [0.25, 0.3) is 0 Å². The lowest BCUT2D eigenvalue weighted by molar-refractivity contribution is -0.142. The number of nitrogens with one attached hydrogen (secondary N) is 5. The van der Waals surface area contributed by atoms with E-state index < -0.39 is 103 Å². The molecule has 2 aromatic carbocycles. The van der Waals surface area contributed by atoms with E-state index in [9.17, 15) is 43.2 Å². The smallest absolute Gasteiger partial charge is 0.243 e. The van der Waals surface area contributed by atoms with E-state index in [2.05, 4.69) is 31.6 Å². The Morgan fingerprint density at radius 3 is 1.86 bits per heavy atom. The molecule has 0 aliphatic carbocycles. The van der Waals surface area contributed by atoms with Gasteiger partial charge in [-0.2, -0.15) is 0 Å². The van der Waals surface area contributed by atoms with Gasteiger partial charge in [-0.3, -0.25) is 48.1 Å². The third kappa shape index (κ3) is 17.0. The molecule has 22 heteroatoms. The number of aliphatic imine (C=N–C) groups is 1. The van der Waals surface area contributed by atoms with Gasteiger partial charge in [0.15, 0.2) is 5.96 Å². The highest BCUT2D eigenvalue weighted by Crippen LogP contribution is 2.19. The van der Waals surface area contributed by atoms with Crippen LogP contribution in [0.2, 0.25) is 0 Å². The zero-order valence-electron chi connectivity index (χ0n) is 36.1. The van der Waals surface area contributed by atoms with Gasteiger partial charge in [0.1, 0.15) is 30.2 Å². The molecule has 6 atom stereocenters. The Hall–Kier alpha value is -7.10. The molecule has 1 aliphatic rings. The van der Waals surface area contributed by atoms with E-state index in [1.165, 1.54) is 18.9 Å². The molecule has 0 bridgehead atoms. The first kappa shape index (κ1) is 51.3. The van der Waals surface area contributed by atoms with Gasteiger partial charge >= 0.3 is 0 Å². The summed E-state index contributed by atoms with van der Waals surface area (Å²) in [5.41, 5.74) is 28.9. The molecule has 1 aliphatic heterocycles. The van der Waals surface area contributed by atoms with E-state index in [0.717, 1.165) is 10.5 Å². The highest BCUT2D eigenvalue weighted by molar-refractivity contribution is 5.97. The highest BCUT2D eigenvalue weighted by Gasteiger charge is 2.37. The number of likely N-dealkylation sites (N-methyl/N-ethyl adjacent to an activating group) is 1. The number of guanidine groups is 1. The first-order valence-corrected chi connectivity index (χ1v) is 20.9. The van der Waals surface area contributed by atoms with Gasteiger partial charge in [-0.25, -0.2) is 0 Å². The van der Waals surface area contributed by atoms with E-state index in [0.29, 0.717) is 12.0 Å². The molecule has 1 heterocycles. The number of nitrogens with two attached hydrogens (primary N) is 5. The van der Waals surface area contributed by atoms with Crippen LogP contribution >= 0.6 is 0 Å². The number of primary amides is 2. The third-order valence-electron chi connectivity index (χ3n) is 10.4. The zero-order chi connectivity index (χ0) is 47.3. The van der Waals surface area contributed by atoms with Crippen molar-refractivity contribution in [2.45, 2.75) is 94.5 Å². The monoisotopic (exact) mass is 891 g/mol. The van der Waals surface area contributed by atoms with Crippen LogP contribution in [0.15, 0.2) is 65.7 Å². The first-order chi connectivity index (χ1) is 30.4. The Kier molecular flexibility index (Phi) is 20.6. The van der Waals surface area contributed by atoms with Crippen molar-refractivity contribution in [3.8, 4) is 0 Å². The number of carbonyl (C=O) groups is 9. The molecule has 9 amide bonds. The second-order valence-electron chi connectivity index (χ2n) is 15.4. The van der Waals surface area contributed by atoms with Crippen LogP contribution in [0.1, 0.15) is 56.6 Å². The average Bonchev–Trinajstić information content (AvgIpc) is 3.76. The predicted octanol–water partition coefficient (Wildman–Crippen LogP) is -3.87. The SMILES string of the molecule is C[C@@H](N)C(=O)NCC(=O)N(C)[C@@H](Cc1ccccc1)C(=O)NCC(=O)N1CCC[C@H]1C(=O)N[C@@H](CCC(N)=O)C(=O)N[C@@H](CCCN=C(N)N)C(=O)N[C@@H](Cc1ccccc1)C(N)=O. The fraction of sp³-hybridized carbons (Fsp3) is 0.476. The Balaban J connectivity index is 1.74. The van der Waals surface area contributed by atoms with Gasteiger partial charge in [0, 0.05) is 39.4 Å². The normalized spacial score (nSPS) is 15.5. The number of rotatable bonds is 25. The van der Waals surface area contributed by atoms with E-state index in [1.807, 2.05) is 0 Å². The molecule has 0 aromatic heterocycles. The minimum atomic E-state index is -1.41. The lowest BCUT2D eigenvalue weighted by Gasteiger charge is -2.29. The van der Waals surface area contributed by atoms with E-state index in [4.69, 9.17) is 28.7 Å². The van der Waals surface area contributed by atoms with Crippen molar-refractivity contribution in [2.24, 2.45) is 33.7 Å². The number of nitrogens with zero attached hydrogens (tertiary/aromatic N) is 3. The maximum Gasteiger partial charge on any atom is 0.243 e. The van der Waals surface area contributed by atoms with Gasteiger partial charge in [-0.1, -0.05) is 60.7 Å². The lowest BCUT2D eigenvalue weighted by atomic mass is 10.0. The summed E-state index contributed by atoms with van der Waals surface area (Å²) >= 11 is 0. The summed E-state index contributed by atoms with van der Waals surface area (Å²) in [6.45, 7) is 0.720. The van der Waals surface area contributed by atoms with Crippen molar-refractivity contribution < 1.29 is 43.2 Å². The lowest BCUT2D eigenvalue weighted by Crippen LogP contribution is -2.58. The molecule has 0 spiro atoms. The van der Waals surface area contributed by atoms with Crippen LogP contribution in [0, 0.1) is 0 Å². The molecule has 1 fully saturated rings. The Morgan fingerprint density at radius 2 is 1.30 bits per heavy atom. The minimum Gasteiger partial charge on any atom is -0.370 e. The summed E-state index contributed by atoms with van der Waals surface area (Å²) in [5.74, 6) is -6.59. The third-order valence-corrected chi connectivity index (χ3v) is 10.4. The van der Waals surface area contributed by atoms with Crippen LogP contribution in [0.4, 0.5) is 0 Å². The fourth-order valence-corrected chi connectivity index (χ4v) is 6.80. The number of benzene rings is 2.